The summed E-state index contributed by atoms with van der Waals surface area (Å²) >= 11 is 0. The van der Waals surface area contributed by atoms with Crippen molar-refractivity contribution >= 4 is 27.8 Å². The summed E-state index contributed by atoms with van der Waals surface area (Å²) in [5, 5.41) is 0.824. The van der Waals surface area contributed by atoms with Gasteiger partial charge in [0, 0.05) is 10.8 Å². The number of aromatic nitrogens is 1. The van der Waals surface area contributed by atoms with E-state index in [1.54, 1.807) is 53.1 Å². The molecule has 1 aromatic heterocycles. The third kappa shape index (κ3) is 3.47. The van der Waals surface area contributed by atoms with E-state index in [1.807, 2.05) is 0 Å². The topological polar surface area (TPSA) is 48.3 Å². The zero-order valence-corrected chi connectivity index (χ0v) is 14.9. The van der Waals surface area contributed by atoms with Crippen LogP contribution < -0.4 is 10.2 Å². The van der Waals surface area contributed by atoms with E-state index in [-0.39, 0.29) is 12.0 Å². The van der Waals surface area contributed by atoms with Crippen LogP contribution in [-0.4, -0.2) is 10.5 Å². The van der Waals surface area contributed by atoms with Gasteiger partial charge in [0.05, 0.1) is 16.6 Å². The highest BCUT2D eigenvalue weighted by molar-refractivity contribution is 5.94. The van der Waals surface area contributed by atoms with Crippen LogP contribution in [0.5, 0.6) is 5.75 Å². The number of pyridine rings is 1. The van der Waals surface area contributed by atoms with Crippen LogP contribution in [0.3, 0.4) is 0 Å². The minimum atomic E-state index is -4.65. The van der Waals surface area contributed by atoms with Crippen LogP contribution in [0.4, 0.5) is 13.2 Å². The van der Waals surface area contributed by atoms with Gasteiger partial charge in [-0.15, -0.1) is 0 Å². The van der Waals surface area contributed by atoms with Crippen molar-refractivity contribution in [2.24, 2.45) is 0 Å². The Kier molecular flexibility index (Phi) is 4.58. The summed E-state index contributed by atoms with van der Waals surface area (Å²) in [6, 6.07) is 18.0. The molecule has 0 aliphatic rings. The van der Waals surface area contributed by atoms with Gasteiger partial charge in [0.15, 0.2) is 5.43 Å². The van der Waals surface area contributed by atoms with Crippen molar-refractivity contribution in [2.45, 2.75) is 12.7 Å². The number of nitrogens with zero attached hydrogens (tertiary/aromatic N) is 1. The molecule has 0 N–H and O–H groups in total. The van der Waals surface area contributed by atoms with E-state index in [2.05, 4.69) is 0 Å². The van der Waals surface area contributed by atoms with Gasteiger partial charge in [-0.1, -0.05) is 36.4 Å². The van der Waals surface area contributed by atoms with E-state index in [1.165, 1.54) is 12.1 Å². The van der Waals surface area contributed by atoms with Crippen LogP contribution in [0.2, 0.25) is 0 Å². The van der Waals surface area contributed by atoms with Gasteiger partial charge < -0.3 is 9.30 Å². The molecule has 0 aliphatic carbocycles. The van der Waals surface area contributed by atoms with Crippen LogP contribution in [0.15, 0.2) is 77.6 Å². The predicted molar refractivity (Wildman–Crippen MR) is 103 cm³/mol. The second-order valence-electron chi connectivity index (χ2n) is 6.42. The van der Waals surface area contributed by atoms with Crippen LogP contribution in [-0.2, 0) is 17.5 Å². The Balaban J connectivity index is 1.78. The van der Waals surface area contributed by atoms with E-state index in [0.717, 1.165) is 12.1 Å². The molecule has 29 heavy (non-hydrogen) atoms. The van der Waals surface area contributed by atoms with Gasteiger partial charge >= 0.3 is 12.1 Å². The average molecular weight is 397 g/mol. The monoisotopic (exact) mass is 397 g/mol. The lowest BCUT2D eigenvalue weighted by atomic mass is 10.1. The maximum atomic E-state index is 13.2. The number of hydrogen-bond donors (Lipinski definition) is 0. The normalized spacial score (nSPS) is 11.7. The summed E-state index contributed by atoms with van der Waals surface area (Å²) < 4.78 is 46.1. The largest absolute Gasteiger partial charge is 0.425 e. The Morgan fingerprint density at radius 2 is 1.34 bits per heavy atom. The SMILES string of the molecule is O=C(Cn1c2ccccc2c(=O)c2ccccc21)Oc1ccccc1C(F)(F)F. The first kappa shape index (κ1) is 18.7. The second kappa shape index (κ2) is 7.09. The summed E-state index contributed by atoms with van der Waals surface area (Å²) in [5.41, 5.74) is -0.208. The number of para-hydroxylation sites is 3. The number of hydrogen-bond acceptors (Lipinski definition) is 3. The summed E-state index contributed by atoms with van der Waals surface area (Å²) in [6.45, 7) is -0.354. The van der Waals surface area contributed by atoms with Crippen molar-refractivity contribution in [3.8, 4) is 5.75 Å². The average Bonchev–Trinajstić information content (AvgIpc) is 2.71. The third-order valence-electron chi connectivity index (χ3n) is 4.58. The van der Waals surface area contributed by atoms with E-state index in [4.69, 9.17) is 4.74 Å². The highest BCUT2D eigenvalue weighted by Crippen LogP contribution is 2.36. The lowest BCUT2D eigenvalue weighted by molar-refractivity contribution is -0.142. The minimum Gasteiger partial charge on any atom is -0.425 e. The molecule has 0 saturated heterocycles. The van der Waals surface area contributed by atoms with Crippen LogP contribution in [0, 0.1) is 0 Å². The Morgan fingerprint density at radius 1 is 0.828 bits per heavy atom. The molecule has 0 radical (unpaired) electrons. The van der Waals surface area contributed by atoms with Gasteiger partial charge in [-0.25, -0.2) is 4.79 Å². The molecule has 0 amide bonds. The zero-order chi connectivity index (χ0) is 20.6. The molecule has 4 aromatic rings. The highest BCUT2D eigenvalue weighted by atomic mass is 19.4. The van der Waals surface area contributed by atoms with E-state index in [9.17, 15) is 22.8 Å². The molecule has 146 valence electrons. The number of halogens is 3. The van der Waals surface area contributed by atoms with Gasteiger partial charge in [-0.3, -0.25) is 4.79 Å². The number of carbonyl (C=O) groups is 1. The Bertz CT molecular complexity index is 1230. The fraction of sp³-hybridized carbons (Fsp3) is 0.0909. The van der Waals surface area contributed by atoms with E-state index in [0.29, 0.717) is 21.8 Å². The summed E-state index contributed by atoms with van der Waals surface area (Å²) in [6.07, 6.45) is -4.65. The zero-order valence-electron chi connectivity index (χ0n) is 14.9. The Hall–Kier alpha value is -3.61. The van der Waals surface area contributed by atoms with Crippen LogP contribution in [0.25, 0.3) is 21.8 Å². The van der Waals surface area contributed by atoms with Gasteiger partial charge in [0.25, 0.3) is 0 Å². The van der Waals surface area contributed by atoms with Crippen molar-refractivity contribution < 1.29 is 22.7 Å². The van der Waals surface area contributed by atoms with Crippen molar-refractivity contribution in [2.75, 3.05) is 0 Å². The molecule has 0 aliphatic heterocycles. The molecule has 4 nitrogen and oxygen atoms in total. The lowest BCUT2D eigenvalue weighted by Crippen LogP contribution is -2.21. The smallest absolute Gasteiger partial charge is 0.419 e. The molecule has 0 saturated carbocycles. The molecule has 0 unspecified atom stereocenters. The molecule has 0 spiro atoms. The number of alkyl halides is 3. The maximum Gasteiger partial charge on any atom is 0.419 e. The first-order valence-corrected chi connectivity index (χ1v) is 8.73. The molecule has 7 heteroatoms. The van der Waals surface area contributed by atoms with Gasteiger partial charge in [0.2, 0.25) is 0 Å². The lowest BCUT2D eigenvalue weighted by Gasteiger charge is -2.16. The first-order chi connectivity index (χ1) is 13.9. The quantitative estimate of drug-likeness (QED) is 0.284. The fourth-order valence-corrected chi connectivity index (χ4v) is 3.32. The number of carbonyl (C=O) groups excluding carboxylic acids is 1. The van der Waals surface area contributed by atoms with Crippen LogP contribution >= 0.6 is 0 Å². The highest BCUT2D eigenvalue weighted by Gasteiger charge is 2.34. The molecule has 0 bridgehead atoms. The molecule has 1 heterocycles. The minimum absolute atomic E-state index is 0.178. The van der Waals surface area contributed by atoms with E-state index >= 15 is 0 Å². The molecular weight excluding hydrogens is 383 g/mol. The van der Waals surface area contributed by atoms with Crippen molar-refractivity contribution in [1.29, 1.82) is 0 Å². The predicted octanol–water partition coefficient (Wildman–Crippen LogP) is 4.78. The summed E-state index contributed by atoms with van der Waals surface area (Å²) in [4.78, 5) is 25.3. The Labute approximate surface area is 162 Å². The van der Waals surface area contributed by atoms with Gasteiger partial charge in [0.1, 0.15) is 12.3 Å². The molecular formula is C22H14F3NO3. The Morgan fingerprint density at radius 3 is 1.93 bits per heavy atom. The maximum absolute atomic E-state index is 13.2. The fourth-order valence-electron chi connectivity index (χ4n) is 3.32. The second-order valence-corrected chi connectivity index (χ2v) is 6.42. The first-order valence-electron chi connectivity index (χ1n) is 8.73. The number of benzene rings is 3. The molecule has 4 rings (SSSR count). The molecule has 0 fully saturated rings. The number of fused-ring (bicyclic) bond motifs is 2. The van der Waals surface area contributed by atoms with Gasteiger partial charge in [-0.05, 0) is 36.4 Å². The van der Waals surface area contributed by atoms with Crippen molar-refractivity contribution in [3.63, 3.8) is 0 Å². The number of ether oxygens (including phenoxy) is 1. The van der Waals surface area contributed by atoms with Crippen LogP contribution in [0.1, 0.15) is 5.56 Å². The molecule has 0 atom stereocenters. The standard InChI is InChI=1S/C22H14F3NO3/c23-22(24,25)16-9-3-6-12-19(16)29-20(27)13-26-17-10-4-1-7-14(17)21(28)15-8-2-5-11-18(15)26/h1-12H,13H2. The number of esters is 1. The molecule has 3 aromatic carbocycles. The van der Waals surface area contributed by atoms with Crippen molar-refractivity contribution in [1.82, 2.24) is 4.57 Å². The third-order valence-corrected chi connectivity index (χ3v) is 4.58. The summed E-state index contributed by atoms with van der Waals surface area (Å²) in [5.74, 6) is -1.43. The number of rotatable bonds is 3. The summed E-state index contributed by atoms with van der Waals surface area (Å²) in [7, 11) is 0. The van der Waals surface area contributed by atoms with Gasteiger partial charge in [-0.2, -0.15) is 13.2 Å². The van der Waals surface area contributed by atoms with Crippen molar-refractivity contribution in [3.05, 3.63) is 88.6 Å². The van der Waals surface area contributed by atoms with E-state index < -0.39 is 23.5 Å².